The van der Waals surface area contributed by atoms with E-state index >= 15 is 14.4 Å². The number of aromatic nitrogens is 4. The molecule has 1 fully saturated rings. The summed E-state index contributed by atoms with van der Waals surface area (Å²) in [6.45, 7) is 9.12. The predicted molar refractivity (Wildman–Crippen MR) is 494 cm³/mol. The van der Waals surface area contributed by atoms with Gasteiger partial charge in [-0.3, -0.25) is 95.9 Å². The Bertz CT molecular complexity index is 4820. The third kappa shape index (κ3) is 40.4. The molecule has 4 aromatic rings. The number of aromatic amines is 2. The Morgan fingerprint density at radius 1 is 0.424 bits per heavy atom. The first-order valence-corrected chi connectivity index (χ1v) is 45.7. The highest BCUT2D eigenvalue weighted by molar-refractivity contribution is 6.02. The zero-order valence-corrected chi connectivity index (χ0v) is 78.6. The molecule has 764 valence electrons. The molecule has 5 rings (SSSR count). The summed E-state index contributed by atoms with van der Waals surface area (Å²) < 4.78 is 0. The number of carbonyl (C=O) groups excluding carboxylic acids is 18. The summed E-state index contributed by atoms with van der Waals surface area (Å²) in [6.07, 6.45) is 1.50. The first-order chi connectivity index (χ1) is 65.8. The van der Waals surface area contributed by atoms with Crippen LogP contribution in [0.5, 0.6) is 0 Å². The number of carboxylic acids is 3. The molecule has 31 N–H and O–H groups in total. The zero-order chi connectivity index (χ0) is 103. The number of nitrogens with zero attached hydrogens (tertiary/aromatic N) is 3. The van der Waals surface area contributed by atoms with Crippen LogP contribution in [0.3, 0.4) is 0 Å². The number of amides is 18. The number of hydrogen-bond donors (Lipinski definition) is 26. The minimum Gasteiger partial charge on any atom is -0.481 e. The van der Waals surface area contributed by atoms with Gasteiger partial charge in [-0.15, -0.1) is 0 Å². The Morgan fingerprint density at radius 3 is 1.29 bits per heavy atom. The molecule has 0 aliphatic carbocycles. The topological polar surface area (TPSA) is 811 Å². The van der Waals surface area contributed by atoms with Crippen LogP contribution in [0.15, 0.2) is 85.7 Å². The van der Waals surface area contributed by atoms with Gasteiger partial charge in [-0.2, -0.15) is 0 Å². The van der Waals surface area contributed by atoms with Crippen molar-refractivity contribution in [3.8, 4) is 0 Å². The summed E-state index contributed by atoms with van der Waals surface area (Å²) in [4.78, 5) is 303. The Hall–Kier alpha value is -14.4. The summed E-state index contributed by atoms with van der Waals surface area (Å²) in [5.41, 5.74) is 30.0. The second kappa shape index (κ2) is 58.9. The molecule has 16 atom stereocenters. The van der Waals surface area contributed by atoms with E-state index in [1.165, 1.54) is 43.8 Å². The van der Waals surface area contributed by atoms with Crippen LogP contribution in [0, 0.1) is 17.8 Å². The second-order valence-electron chi connectivity index (χ2n) is 34.8. The fourth-order valence-corrected chi connectivity index (χ4v) is 14.6. The number of carboxylic acid groups (broad SMARTS) is 3. The van der Waals surface area contributed by atoms with Crippen molar-refractivity contribution in [2.24, 2.45) is 46.4 Å². The van der Waals surface area contributed by atoms with E-state index < -0.39 is 279 Å². The lowest BCUT2D eigenvalue weighted by molar-refractivity contribution is -0.143. The molecule has 1 aliphatic rings. The first kappa shape index (κ1) is 115. The van der Waals surface area contributed by atoms with Gasteiger partial charge in [0.2, 0.25) is 106 Å². The largest absolute Gasteiger partial charge is 0.481 e. The molecule has 1 saturated heterocycles. The molecule has 139 heavy (non-hydrogen) atoms. The molecule has 0 bridgehead atoms. The maximum absolute atomic E-state index is 15.2. The van der Waals surface area contributed by atoms with E-state index in [-0.39, 0.29) is 108 Å². The minimum atomic E-state index is -2.10. The first-order valence-electron chi connectivity index (χ1n) is 45.7. The summed E-state index contributed by atoms with van der Waals surface area (Å²) >= 11 is 0. The maximum atomic E-state index is 15.2. The van der Waals surface area contributed by atoms with Crippen molar-refractivity contribution in [3.05, 3.63) is 108 Å². The predicted octanol–water partition coefficient (Wildman–Crippen LogP) is -7.18. The highest BCUT2D eigenvalue weighted by Gasteiger charge is 2.43. The standard InChI is InChI=1S/C89H133N25O25/c1-46(2)33-64(112-75(124)54(23-14-16-30-90)103-76(125)55(26-28-67(92)116)104-80(129)60(36-52-40-95-44-98-52)107-81(130)61(37-53-41-96-45-99-53)111-86(135)72(94)47(3)4)88(137)114-32-18-25-66(114)85(134)110-59(35-51-21-12-9-13-22-51)79(128)106-58(34-50-19-10-8-11-20-50)78(127)100-49(7)74(123)102-56(27-29-70(119)120)77(126)109-63(39-71(121)122)83(132)113-73(48(5)6)87(136)97-42-69(118)101-65(43-115)84(133)108-62(38-68(93)117)82(131)105-57(89(138)139)24-15-17-31-91/h8-13,19-22,40-41,44-49,54-66,72-73,115H,14-18,23-39,42-43,90-91,94H2,1-7H3,(H2,92,116)(H2,93,117)(H,95,98)(H,96,99)(H,97,136)(H,100,127)(H,101,118)(H,102,123)(H,103,125)(H,104,129)(H,105,131)(H,106,128)(H,107,130)(H,108,133)(H,109,126)(H,110,134)(H,111,135)(H,112,124)(H,113,132)(H,119,120)(H,121,122)(H,138,139)/t49-,54-,55-,56-,57-,58-,59-,60-,61-,62-,63-,64-,65-,66-,72-,73-/m0/s1. The Balaban J connectivity index is 1.33. The van der Waals surface area contributed by atoms with E-state index in [1.54, 1.807) is 88.4 Å². The Morgan fingerprint density at radius 2 is 0.842 bits per heavy atom. The normalized spacial score (nSPS) is 15.5. The molecule has 18 amide bonds. The lowest BCUT2D eigenvalue weighted by Gasteiger charge is -2.32. The van der Waals surface area contributed by atoms with Crippen LogP contribution >= 0.6 is 0 Å². The van der Waals surface area contributed by atoms with Crippen molar-refractivity contribution < 1.29 is 121 Å². The van der Waals surface area contributed by atoms with Crippen molar-refractivity contribution in [3.63, 3.8) is 0 Å². The number of carbonyl (C=O) groups is 21. The number of likely N-dealkylation sites (tertiary alicyclic amines) is 1. The van der Waals surface area contributed by atoms with Gasteiger partial charge in [0.05, 0.1) is 56.1 Å². The summed E-state index contributed by atoms with van der Waals surface area (Å²) in [7, 11) is 0. The molecular formula is C89H133N25O25. The van der Waals surface area contributed by atoms with Crippen LogP contribution in [0.4, 0.5) is 0 Å². The number of aliphatic hydroxyl groups excluding tert-OH is 1. The van der Waals surface area contributed by atoms with Crippen LogP contribution < -0.4 is 108 Å². The third-order valence-corrected chi connectivity index (χ3v) is 22.3. The van der Waals surface area contributed by atoms with Crippen molar-refractivity contribution >= 4 is 124 Å². The summed E-state index contributed by atoms with van der Waals surface area (Å²) in [5, 5.41) is 76.1. The van der Waals surface area contributed by atoms with Gasteiger partial charge in [0.15, 0.2) is 0 Å². The molecular weight excluding hydrogens is 1820 g/mol. The van der Waals surface area contributed by atoms with Gasteiger partial charge in [-0.1, -0.05) is 102 Å². The molecule has 3 heterocycles. The molecule has 0 unspecified atom stereocenters. The van der Waals surface area contributed by atoms with E-state index in [0.717, 1.165) is 6.92 Å². The van der Waals surface area contributed by atoms with Crippen molar-refractivity contribution in [2.45, 2.75) is 267 Å². The number of H-pyrrole nitrogens is 2. The average molecular weight is 1950 g/mol. The van der Waals surface area contributed by atoms with Crippen LogP contribution in [-0.2, 0) is 126 Å². The molecule has 1 aliphatic heterocycles. The number of nitrogens with two attached hydrogens (primary N) is 5. The second-order valence-corrected chi connectivity index (χ2v) is 34.8. The van der Waals surface area contributed by atoms with E-state index in [0.29, 0.717) is 29.7 Å². The molecule has 2 aromatic heterocycles. The Kier molecular flexibility index (Phi) is 48.7. The van der Waals surface area contributed by atoms with Crippen LogP contribution in [0.2, 0.25) is 0 Å². The van der Waals surface area contributed by atoms with Crippen molar-refractivity contribution in [1.29, 1.82) is 0 Å². The molecule has 0 spiro atoms. The number of unbranched alkanes of at least 4 members (excludes halogenated alkanes) is 2. The SMILES string of the molecule is CC(C)C[C@H](NC(=O)[C@H](CCCCN)NC(=O)[C@H](CCC(N)=O)NC(=O)[C@H](Cc1c[nH]cn1)NC(=O)[C@H](Cc1c[nH]cn1)NC(=O)[C@@H](N)C(C)C)C(=O)N1CCC[C@H]1C(=O)N[C@@H](Cc1ccccc1)C(=O)N[C@@H](Cc1ccccc1)C(=O)N[C@@H](C)C(=O)N[C@@H](CCC(=O)O)C(=O)N[C@@H](CC(=O)O)C(=O)N[C@H](C(=O)NCC(=O)N[C@@H](CO)C(=O)N[C@@H](CC(N)=O)C(=O)N[C@@H](CCCCN)C(=O)O)C(C)C. The molecule has 2 aromatic carbocycles. The molecule has 50 heteroatoms. The quantitative estimate of drug-likeness (QED) is 0.0183. The highest BCUT2D eigenvalue weighted by atomic mass is 16.4. The molecule has 50 nitrogen and oxygen atoms in total. The smallest absolute Gasteiger partial charge is 0.326 e. The minimum absolute atomic E-state index is 0.0290. The Labute approximate surface area is 801 Å². The number of hydrogen-bond acceptors (Lipinski definition) is 27. The number of aliphatic carboxylic acids is 3. The summed E-state index contributed by atoms with van der Waals surface area (Å²) in [5.74, 6) is -24.7. The van der Waals surface area contributed by atoms with Gasteiger partial charge < -0.3 is 144 Å². The number of rotatable bonds is 63. The number of primary amides is 2. The van der Waals surface area contributed by atoms with Gasteiger partial charge in [-0.25, -0.2) is 14.8 Å². The monoisotopic (exact) mass is 1950 g/mol. The fraction of sp³-hybridized carbons (Fsp3) is 0.562. The van der Waals surface area contributed by atoms with Gasteiger partial charge in [0.25, 0.3) is 0 Å². The lowest BCUT2D eigenvalue weighted by Crippen LogP contribution is -2.61. The van der Waals surface area contributed by atoms with Gasteiger partial charge in [-0.05, 0) is 120 Å². The van der Waals surface area contributed by atoms with Gasteiger partial charge in [0.1, 0.15) is 90.6 Å². The number of nitrogens with one attached hydrogen (secondary N) is 17. The van der Waals surface area contributed by atoms with E-state index in [9.17, 15) is 107 Å². The number of benzene rings is 2. The maximum Gasteiger partial charge on any atom is 0.326 e. The molecule has 0 saturated carbocycles. The third-order valence-electron chi connectivity index (χ3n) is 22.3. The van der Waals surface area contributed by atoms with Gasteiger partial charge in [0, 0.05) is 57.5 Å². The number of aliphatic hydroxyl groups is 1. The highest BCUT2D eigenvalue weighted by Crippen LogP contribution is 2.23. The average Bonchev–Trinajstić information content (AvgIpc) is 1.68. The lowest BCUT2D eigenvalue weighted by atomic mass is 10.00. The van der Waals surface area contributed by atoms with E-state index in [2.05, 4.69) is 99.7 Å². The van der Waals surface area contributed by atoms with E-state index in [4.69, 9.17) is 28.7 Å². The van der Waals surface area contributed by atoms with Crippen LogP contribution in [0.1, 0.15) is 167 Å². The van der Waals surface area contributed by atoms with Crippen molar-refractivity contribution in [1.82, 2.24) is 105 Å². The molecule has 0 radical (unpaired) electrons. The van der Waals surface area contributed by atoms with Crippen LogP contribution in [-0.4, -0.2) is 299 Å². The fourth-order valence-electron chi connectivity index (χ4n) is 14.6. The zero-order valence-electron chi connectivity index (χ0n) is 78.6. The summed E-state index contributed by atoms with van der Waals surface area (Å²) in [6, 6.07) is -8.81. The van der Waals surface area contributed by atoms with Gasteiger partial charge >= 0.3 is 17.9 Å². The van der Waals surface area contributed by atoms with Crippen molar-refractivity contribution in [2.75, 3.05) is 32.8 Å². The van der Waals surface area contributed by atoms with E-state index in [1.807, 2.05) is 0 Å². The van der Waals surface area contributed by atoms with Crippen LogP contribution in [0.25, 0.3) is 0 Å². The number of imidazole rings is 2.